The van der Waals surface area contributed by atoms with Gasteiger partial charge in [-0.2, -0.15) is 4.98 Å². The van der Waals surface area contributed by atoms with Crippen LogP contribution >= 0.6 is 8.25 Å². The summed E-state index contributed by atoms with van der Waals surface area (Å²) in [4.78, 5) is 17.5. The van der Waals surface area contributed by atoms with Crippen LogP contribution in [0.2, 0.25) is 0 Å². The molecule has 2 rings (SSSR count). The van der Waals surface area contributed by atoms with Gasteiger partial charge in [0.15, 0.2) is 0 Å². The molecular weight excluding hydrogens is 367 g/mol. The molecule has 4 N–H and O–H groups in total. The maximum atomic E-state index is 10.8. The number of hydrogen-bond donors (Lipinski definition) is 3. The fourth-order valence-corrected chi connectivity index (χ4v) is 3.00. The molecule has 0 saturated heterocycles. The topological polar surface area (TPSA) is 120 Å². The number of rotatable bonds is 10. The number of anilines is 2. The van der Waals surface area contributed by atoms with Crippen LogP contribution in [0.3, 0.4) is 0 Å². The number of nitrogens with one attached hydrogen (secondary N) is 1. The van der Waals surface area contributed by atoms with Gasteiger partial charge >= 0.3 is 8.25 Å². The normalized spacial score (nSPS) is 11.3. The highest BCUT2D eigenvalue weighted by Crippen LogP contribution is 2.28. The van der Waals surface area contributed by atoms with Gasteiger partial charge < -0.3 is 15.8 Å². The van der Waals surface area contributed by atoms with Crippen LogP contribution in [0.5, 0.6) is 5.75 Å². The summed E-state index contributed by atoms with van der Waals surface area (Å²) in [5, 5.41) is 3.34. The molecule has 9 heteroatoms. The molecule has 1 atom stereocenters. The van der Waals surface area contributed by atoms with Crippen molar-refractivity contribution in [1.82, 2.24) is 9.97 Å². The van der Waals surface area contributed by atoms with Crippen molar-refractivity contribution >= 4 is 20.0 Å². The maximum absolute atomic E-state index is 10.8. The predicted octanol–water partition coefficient (Wildman–Crippen LogP) is 3.34. The Bertz CT molecular complexity index is 801. The van der Waals surface area contributed by atoms with E-state index in [9.17, 15) is 4.57 Å². The SMILES string of the molecule is CCCCNc1nc(N)nc(C)c1Cc1cc(CO[P+](=O)O)ccc1OC. The van der Waals surface area contributed by atoms with Crippen molar-refractivity contribution in [2.24, 2.45) is 0 Å². The molecule has 8 nitrogen and oxygen atoms in total. The highest BCUT2D eigenvalue weighted by molar-refractivity contribution is 7.32. The molecule has 146 valence electrons. The number of hydrogen-bond acceptors (Lipinski definition) is 7. The Labute approximate surface area is 160 Å². The minimum absolute atomic E-state index is 0.0432. The van der Waals surface area contributed by atoms with Gasteiger partial charge in [-0.05, 0) is 36.6 Å². The first kappa shape index (κ1) is 21.0. The smallest absolute Gasteiger partial charge is 0.496 e. The summed E-state index contributed by atoms with van der Waals surface area (Å²) in [6, 6.07) is 5.51. The van der Waals surface area contributed by atoms with Crippen LogP contribution in [-0.2, 0) is 22.1 Å². The Morgan fingerprint density at radius 2 is 2.11 bits per heavy atom. The molecule has 0 spiro atoms. The van der Waals surface area contributed by atoms with E-state index in [-0.39, 0.29) is 12.6 Å². The Morgan fingerprint density at radius 1 is 1.33 bits per heavy atom. The van der Waals surface area contributed by atoms with E-state index in [1.807, 2.05) is 19.1 Å². The van der Waals surface area contributed by atoms with Gasteiger partial charge in [-0.1, -0.05) is 19.4 Å². The molecule has 27 heavy (non-hydrogen) atoms. The molecule has 0 aliphatic rings. The summed E-state index contributed by atoms with van der Waals surface area (Å²) < 4.78 is 21.1. The van der Waals surface area contributed by atoms with Crippen molar-refractivity contribution in [2.75, 3.05) is 24.7 Å². The number of aromatic nitrogens is 2. The average Bonchev–Trinajstić information content (AvgIpc) is 2.63. The van der Waals surface area contributed by atoms with Gasteiger partial charge in [0, 0.05) is 28.8 Å². The van der Waals surface area contributed by atoms with E-state index < -0.39 is 8.25 Å². The zero-order valence-electron chi connectivity index (χ0n) is 15.9. The Kier molecular flexibility index (Phi) is 7.91. The van der Waals surface area contributed by atoms with Crippen molar-refractivity contribution < 1.29 is 18.7 Å². The Morgan fingerprint density at radius 3 is 2.78 bits per heavy atom. The molecule has 0 aliphatic heterocycles. The number of nitrogens with two attached hydrogens (primary N) is 1. The Hall–Kier alpha value is -2.28. The van der Waals surface area contributed by atoms with Crippen molar-refractivity contribution in [2.45, 2.75) is 39.7 Å². The average molecular weight is 393 g/mol. The number of ether oxygens (including phenoxy) is 1. The standard InChI is InChI=1S/C18H25N4O4P/c1-4-5-8-20-17-15(12(2)21-18(19)22-17)10-14-9-13(11-26-27(23)24)6-7-16(14)25-3/h6-7,9H,4-5,8,10-11H2,1-3H3,(H3-,19,20,21,22,23,24)/p+1. The number of nitrogen functional groups attached to an aromatic ring is 1. The van der Waals surface area contributed by atoms with Gasteiger partial charge in [0.1, 0.15) is 18.2 Å². The minimum Gasteiger partial charge on any atom is -0.496 e. The highest BCUT2D eigenvalue weighted by Gasteiger charge is 2.16. The number of methoxy groups -OCH3 is 1. The first-order chi connectivity index (χ1) is 12.9. The van der Waals surface area contributed by atoms with E-state index in [2.05, 4.69) is 22.2 Å². The van der Waals surface area contributed by atoms with Gasteiger partial charge in [-0.15, -0.1) is 9.42 Å². The van der Waals surface area contributed by atoms with Crippen LogP contribution in [0.1, 0.15) is 42.1 Å². The first-order valence-electron chi connectivity index (χ1n) is 8.76. The van der Waals surface area contributed by atoms with E-state index in [0.29, 0.717) is 12.2 Å². The lowest BCUT2D eigenvalue weighted by molar-refractivity contribution is 0.272. The molecule has 2 aromatic rings. The summed E-state index contributed by atoms with van der Waals surface area (Å²) in [5.41, 5.74) is 9.23. The molecule has 1 aromatic heterocycles. The molecule has 0 radical (unpaired) electrons. The fraction of sp³-hybridized carbons (Fsp3) is 0.444. The summed E-state index contributed by atoms with van der Waals surface area (Å²) in [7, 11) is -1.04. The fourth-order valence-electron chi connectivity index (χ4n) is 2.74. The Balaban J connectivity index is 2.34. The second-order valence-electron chi connectivity index (χ2n) is 6.11. The summed E-state index contributed by atoms with van der Waals surface area (Å²) >= 11 is 0. The van der Waals surface area contributed by atoms with E-state index in [0.717, 1.165) is 47.6 Å². The van der Waals surface area contributed by atoms with E-state index in [4.69, 9.17) is 19.9 Å². The lowest BCUT2D eigenvalue weighted by Crippen LogP contribution is -2.11. The number of benzene rings is 1. The number of nitrogens with zero attached hydrogens (tertiary/aromatic N) is 2. The van der Waals surface area contributed by atoms with Crippen molar-refractivity contribution in [3.8, 4) is 5.75 Å². The second kappa shape index (κ2) is 10.2. The third-order valence-corrected chi connectivity index (χ3v) is 4.46. The van der Waals surface area contributed by atoms with Crippen molar-refractivity contribution in [3.05, 3.63) is 40.6 Å². The van der Waals surface area contributed by atoms with Crippen LogP contribution in [0.15, 0.2) is 18.2 Å². The molecule has 1 aromatic carbocycles. The second-order valence-corrected chi connectivity index (χ2v) is 6.84. The third-order valence-electron chi connectivity index (χ3n) is 4.11. The monoisotopic (exact) mass is 393 g/mol. The molecule has 1 unspecified atom stereocenters. The predicted molar refractivity (Wildman–Crippen MR) is 105 cm³/mol. The van der Waals surface area contributed by atoms with Crippen molar-refractivity contribution in [1.29, 1.82) is 0 Å². The molecule has 0 aliphatic carbocycles. The van der Waals surface area contributed by atoms with Crippen LogP contribution < -0.4 is 15.8 Å². The summed E-state index contributed by atoms with van der Waals surface area (Å²) in [5.74, 6) is 1.66. The first-order valence-corrected chi connectivity index (χ1v) is 9.89. The quantitative estimate of drug-likeness (QED) is 0.415. The van der Waals surface area contributed by atoms with Crippen LogP contribution in [0.4, 0.5) is 11.8 Å². The van der Waals surface area contributed by atoms with Crippen LogP contribution in [0, 0.1) is 6.92 Å². The van der Waals surface area contributed by atoms with Crippen LogP contribution in [0.25, 0.3) is 0 Å². The minimum atomic E-state index is -2.64. The lowest BCUT2D eigenvalue weighted by Gasteiger charge is -2.16. The molecule has 0 bridgehead atoms. The summed E-state index contributed by atoms with van der Waals surface area (Å²) in [6.45, 7) is 4.87. The zero-order chi connectivity index (χ0) is 19.8. The van der Waals surface area contributed by atoms with Crippen LogP contribution in [-0.4, -0.2) is 28.5 Å². The largest absolute Gasteiger partial charge is 0.695 e. The molecular formula is C18H26N4O4P+. The molecule has 0 fully saturated rings. The van der Waals surface area contributed by atoms with Gasteiger partial charge in [0.05, 0.1) is 7.11 Å². The summed E-state index contributed by atoms with van der Waals surface area (Å²) in [6.07, 6.45) is 2.63. The molecule has 0 amide bonds. The van der Waals surface area contributed by atoms with Gasteiger partial charge in [-0.3, -0.25) is 0 Å². The number of unbranched alkanes of at least 4 members (excludes halogenated alkanes) is 1. The number of aryl methyl sites for hydroxylation is 1. The zero-order valence-corrected chi connectivity index (χ0v) is 16.8. The van der Waals surface area contributed by atoms with Gasteiger partial charge in [0.25, 0.3) is 0 Å². The lowest BCUT2D eigenvalue weighted by atomic mass is 10.0. The highest BCUT2D eigenvalue weighted by atomic mass is 31.1. The maximum Gasteiger partial charge on any atom is 0.695 e. The molecule has 0 saturated carbocycles. The van der Waals surface area contributed by atoms with Crippen molar-refractivity contribution in [3.63, 3.8) is 0 Å². The third kappa shape index (κ3) is 6.13. The van der Waals surface area contributed by atoms with E-state index in [1.165, 1.54) is 0 Å². The molecule has 1 heterocycles. The van der Waals surface area contributed by atoms with Gasteiger partial charge in [-0.25, -0.2) is 4.98 Å². The van der Waals surface area contributed by atoms with E-state index in [1.54, 1.807) is 13.2 Å². The van der Waals surface area contributed by atoms with E-state index >= 15 is 0 Å². The van der Waals surface area contributed by atoms with Gasteiger partial charge in [0.2, 0.25) is 5.95 Å².